The molecular weight excluding hydrogens is 146 g/mol. The number of hydrogen-bond donors (Lipinski definition) is 0. The van der Waals surface area contributed by atoms with E-state index in [1.54, 1.807) is 0 Å². The van der Waals surface area contributed by atoms with Crippen molar-refractivity contribution in [3.63, 3.8) is 0 Å². The summed E-state index contributed by atoms with van der Waals surface area (Å²) in [5.74, 6) is 1.59. The van der Waals surface area contributed by atoms with Crippen molar-refractivity contribution in [1.82, 2.24) is 4.90 Å². The zero-order valence-electron chi connectivity index (χ0n) is 9.59. The van der Waals surface area contributed by atoms with E-state index in [1.165, 1.54) is 13.0 Å². The van der Waals surface area contributed by atoms with Gasteiger partial charge in [0.1, 0.15) is 0 Å². The van der Waals surface area contributed by atoms with Gasteiger partial charge in [-0.2, -0.15) is 0 Å². The summed E-state index contributed by atoms with van der Waals surface area (Å²) in [6, 6.07) is 0.720. The summed E-state index contributed by atoms with van der Waals surface area (Å²) >= 11 is 0. The van der Waals surface area contributed by atoms with Crippen LogP contribution in [-0.2, 0) is 0 Å². The van der Waals surface area contributed by atoms with E-state index < -0.39 is 0 Å². The van der Waals surface area contributed by atoms with E-state index >= 15 is 0 Å². The predicted molar refractivity (Wildman–Crippen MR) is 56.4 cm³/mol. The molecule has 12 heavy (non-hydrogen) atoms. The quantitative estimate of drug-likeness (QED) is 0.614. The molecule has 1 heteroatoms. The molecule has 0 rings (SSSR count). The van der Waals surface area contributed by atoms with Gasteiger partial charge in [0.15, 0.2) is 0 Å². The van der Waals surface area contributed by atoms with Gasteiger partial charge in [-0.25, -0.2) is 0 Å². The van der Waals surface area contributed by atoms with Crippen LogP contribution in [0, 0.1) is 11.8 Å². The average Bonchev–Trinajstić information content (AvgIpc) is 2.00. The molecule has 0 fully saturated rings. The van der Waals surface area contributed by atoms with Gasteiger partial charge in [-0.3, -0.25) is 0 Å². The maximum Gasteiger partial charge on any atom is 0.00895 e. The summed E-state index contributed by atoms with van der Waals surface area (Å²) in [6.07, 6.45) is 1.28. The van der Waals surface area contributed by atoms with E-state index in [9.17, 15) is 0 Å². The third-order valence-corrected chi connectivity index (χ3v) is 2.82. The van der Waals surface area contributed by atoms with Gasteiger partial charge in [-0.1, -0.05) is 34.1 Å². The minimum atomic E-state index is 0.720. The number of nitrogens with zero attached hydrogens (tertiary/aromatic N) is 1. The van der Waals surface area contributed by atoms with Gasteiger partial charge in [-0.15, -0.1) is 0 Å². The first-order chi connectivity index (χ1) is 5.49. The molecule has 0 saturated heterocycles. The summed E-state index contributed by atoms with van der Waals surface area (Å²) in [5, 5.41) is 0. The Morgan fingerprint density at radius 1 is 1.08 bits per heavy atom. The van der Waals surface area contributed by atoms with Crippen molar-refractivity contribution in [2.45, 2.75) is 47.1 Å². The fraction of sp³-hybridized carbons (Fsp3) is 1.00. The van der Waals surface area contributed by atoms with Crippen LogP contribution in [0.1, 0.15) is 41.0 Å². The van der Waals surface area contributed by atoms with Gasteiger partial charge < -0.3 is 4.90 Å². The van der Waals surface area contributed by atoms with Crippen molar-refractivity contribution in [3.8, 4) is 0 Å². The van der Waals surface area contributed by atoms with E-state index in [2.05, 4.69) is 46.6 Å². The van der Waals surface area contributed by atoms with Crippen molar-refractivity contribution in [2.24, 2.45) is 11.8 Å². The molecule has 0 aliphatic rings. The second-order valence-electron chi connectivity index (χ2n) is 4.46. The van der Waals surface area contributed by atoms with Gasteiger partial charge in [-0.05, 0) is 25.8 Å². The first-order valence-corrected chi connectivity index (χ1v) is 5.19. The molecule has 0 radical (unpaired) electrons. The average molecular weight is 171 g/mol. The normalized spacial score (nSPS) is 17.0. The summed E-state index contributed by atoms with van der Waals surface area (Å²) in [5.41, 5.74) is 0. The minimum absolute atomic E-state index is 0.720. The molecule has 74 valence electrons. The standard InChI is InChI=1S/C11H25N/c1-7-10(4)11(5)12(6)8-9(2)3/h9-11H,7-8H2,1-6H3/t10-,11-/m0/s1. The Hall–Kier alpha value is -0.0400. The molecule has 0 aliphatic carbocycles. The Balaban J connectivity index is 3.83. The molecular formula is C11H25N. The first-order valence-electron chi connectivity index (χ1n) is 5.19. The lowest BCUT2D eigenvalue weighted by Gasteiger charge is -2.30. The van der Waals surface area contributed by atoms with Crippen molar-refractivity contribution >= 4 is 0 Å². The molecule has 0 aromatic heterocycles. The fourth-order valence-corrected chi connectivity index (χ4v) is 1.52. The van der Waals surface area contributed by atoms with E-state index in [-0.39, 0.29) is 0 Å². The zero-order chi connectivity index (χ0) is 9.72. The van der Waals surface area contributed by atoms with Crippen LogP contribution in [0.4, 0.5) is 0 Å². The van der Waals surface area contributed by atoms with Crippen molar-refractivity contribution in [3.05, 3.63) is 0 Å². The largest absolute Gasteiger partial charge is 0.303 e. The van der Waals surface area contributed by atoms with Crippen molar-refractivity contribution in [1.29, 1.82) is 0 Å². The molecule has 0 unspecified atom stereocenters. The third-order valence-electron chi connectivity index (χ3n) is 2.82. The molecule has 2 atom stereocenters. The molecule has 0 amide bonds. The van der Waals surface area contributed by atoms with E-state index in [0.29, 0.717) is 0 Å². The third kappa shape index (κ3) is 4.10. The highest BCUT2D eigenvalue weighted by atomic mass is 15.1. The summed E-state index contributed by atoms with van der Waals surface area (Å²) in [6.45, 7) is 12.7. The molecule has 0 heterocycles. The highest BCUT2D eigenvalue weighted by molar-refractivity contribution is 4.69. The smallest absolute Gasteiger partial charge is 0.00895 e. The van der Waals surface area contributed by atoms with E-state index in [0.717, 1.165) is 17.9 Å². The Morgan fingerprint density at radius 2 is 1.58 bits per heavy atom. The second-order valence-corrected chi connectivity index (χ2v) is 4.46. The molecule has 0 aliphatic heterocycles. The summed E-state index contributed by atoms with van der Waals surface area (Å²) in [4.78, 5) is 2.47. The van der Waals surface area contributed by atoms with Crippen LogP contribution in [-0.4, -0.2) is 24.5 Å². The zero-order valence-corrected chi connectivity index (χ0v) is 9.59. The molecule has 1 nitrogen and oxygen atoms in total. The summed E-state index contributed by atoms with van der Waals surface area (Å²) < 4.78 is 0. The maximum absolute atomic E-state index is 2.47. The van der Waals surface area contributed by atoms with Gasteiger partial charge in [0.25, 0.3) is 0 Å². The Labute approximate surface area is 78.1 Å². The molecule has 0 saturated carbocycles. The maximum atomic E-state index is 2.47. The highest BCUT2D eigenvalue weighted by Crippen LogP contribution is 2.13. The van der Waals surface area contributed by atoms with Gasteiger partial charge in [0.2, 0.25) is 0 Å². The van der Waals surface area contributed by atoms with Crippen LogP contribution < -0.4 is 0 Å². The van der Waals surface area contributed by atoms with Crippen molar-refractivity contribution < 1.29 is 0 Å². The number of rotatable bonds is 5. The highest BCUT2D eigenvalue weighted by Gasteiger charge is 2.15. The first kappa shape index (κ1) is 12.0. The Bertz CT molecular complexity index is 110. The fourth-order valence-electron chi connectivity index (χ4n) is 1.52. The molecule has 0 bridgehead atoms. The SMILES string of the molecule is CC[C@H](C)[C@H](C)N(C)CC(C)C. The van der Waals surface area contributed by atoms with Crippen LogP contribution in [0.3, 0.4) is 0 Å². The van der Waals surface area contributed by atoms with Crippen LogP contribution in [0.25, 0.3) is 0 Å². The second kappa shape index (κ2) is 5.58. The molecule has 0 aromatic rings. The molecule has 0 N–H and O–H groups in total. The van der Waals surface area contributed by atoms with Crippen molar-refractivity contribution in [2.75, 3.05) is 13.6 Å². The van der Waals surface area contributed by atoms with E-state index in [4.69, 9.17) is 0 Å². The minimum Gasteiger partial charge on any atom is -0.303 e. The van der Waals surface area contributed by atoms with Crippen LogP contribution >= 0.6 is 0 Å². The molecule has 0 spiro atoms. The Kier molecular flexibility index (Phi) is 5.56. The van der Waals surface area contributed by atoms with Crippen LogP contribution in [0.2, 0.25) is 0 Å². The lowest BCUT2D eigenvalue weighted by molar-refractivity contribution is 0.177. The lowest BCUT2D eigenvalue weighted by atomic mass is 9.99. The predicted octanol–water partition coefficient (Wildman–Crippen LogP) is 3.01. The Morgan fingerprint density at radius 3 is 1.92 bits per heavy atom. The number of hydrogen-bond acceptors (Lipinski definition) is 1. The van der Waals surface area contributed by atoms with E-state index in [1.807, 2.05) is 0 Å². The van der Waals surface area contributed by atoms with Crippen LogP contribution in [0.15, 0.2) is 0 Å². The monoisotopic (exact) mass is 171 g/mol. The van der Waals surface area contributed by atoms with Crippen LogP contribution in [0.5, 0.6) is 0 Å². The van der Waals surface area contributed by atoms with Gasteiger partial charge in [0, 0.05) is 12.6 Å². The molecule has 0 aromatic carbocycles. The van der Waals surface area contributed by atoms with Gasteiger partial charge in [0.05, 0.1) is 0 Å². The topological polar surface area (TPSA) is 3.24 Å². The van der Waals surface area contributed by atoms with Gasteiger partial charge >= 0.3 is 0 Å². The summed E-state index contributed by atoms with van der Waals surface area (Å²) in [7, 11) is 2.23. The lowest BCUT2D eigenvalue weighted by Crippen LogP contribution is -2.36.